The largest absolute Gasteiger partial charge is 0.326 e. The zero-order chi connectivity index (χ0) is 12.0. The van der Waals surface area contributed by atoms with Gasteiger partial charge in [-0.05, 0) is 40.4 Å². The van der Waals surface area contributed by atoms with Crippen LogP contribution >= 0.6 is 0 Å². The molecule has 0 atom stereocenters. The highest BCUT2D eigenvalue weighted by Gasteiger charge is 2.36. The van der Waals surface area contributed by atoms with E-state index in [0.29, 0.717) is 17.4 Å². The summed E-state index contributed by atoms with van der Waals surface area (Å²) in [5.41, 5.74) is 10.6. The van der Waals surface area contributed by atoms with Gasteiger partial charge in [0.1, 0.15) is 0 Å². The Hall–Kier alpha value is -0.820. The minimum atomic E-state index is 0.302. The maximum Gasteiger partial charge on any atom is 0.0178 e. The minimum Gasteiger partial charge on any atom is -0.326 e. The van der Waals surface area contributed by atoms with Gasteiger partial charge in [0.05, 0.1) is 0 Å². The predicted molar refractivity (Wildman–Crippen MR) is 69.6 cm³/mol. The molecule has 1 aliphatic carbocycles. The summed E-state index contributed by atoms with van der Waals surface area (Å²) in [6, 6.07) is 6.79. The molecular weight excluding hydrogens is 194 g/mol. The third-order valence-electron chi connectivity index (χ3n) is 4.15. The van der Waals surface area contributed by atoms with Crippen LogP contribution in [0.15, 0.2) is 18.2 Å². The Balaban J connectivity index is 2.60. The molecule has 0 saturated heterocycles. The summed E-state index contributed by atoms with van der Waals surface area (Å²) in [7, 11) is 0. The molecule has 0 saturated carbocycles. The fourth-order valence-corrected chi connectivity index (χ4v) is 2.76. The highest BCUT2D eigenvalue weighted by atomic mass is 14.5. The number of hydrogen-bond donors (Lipinski definition) is 1. The van der Waals surface area contributed by atoms with Gasteiger partial charge in [0.25, 0.3) is 0 Å². The Morgan fingerprint density at radius 2 is 1.56 bits per heavy atom. The first-order chi connectivity index (χ1) is 7.37. The molecule has 2 rings (SSSR count). The van der Waals surface area contributed by atoms with Crippen LogP contribution in [0.3, 0.4) is 0 Å². The first kappa shape index (κ1) is 11.7. The lowest BCUT2D eigenvalue weighted by Crippen LogP contribution is -2.33. The molecule has 0 bridgehead atoms. The molecule has 0 unspecified atom stereocenters. The van der Waals surface area contributed by atoms with E-state index in [1.165, 1.54) is 29.5 Å². The zero-order valence-corrected chi connectivity index (χ0v) is 10.9. The van der Waals surface area contributed by atoms with Crippen LogP contribution < -0.4 is 5.73 Å². The lowest BCUT2D eigenvalue weighted by Gasteiger charge is -2.42. The van der Waals surface area contributed by atoms with Gasteiger partial charge in [-0.25, -0.2) is 0 Å². The molecule has 1 aliphatic rings. The molecule has 0 aliphatic heterocycles. The molecular formula is C15H23N. The molecule has 0 spiro atoms. The average molecular weight is 217 g/mol. The van der Waals surface area contributed by atoms with Crippen molar-refractivity contribution in [2.75, 3.05) is 0 Å². The van der Waals surface area contributed by atoms with Gasteiger partial charge in [0.2, 0.25) is 0 Å². The molecule has 2 N–H and O–H groups in total. The second-order valence-electron chi connectivity index (χ2n) is 6.35. The Kier molecular flexibility index (Phi) is 2.62. The van der Waals surface area contributed by atoms with Gasteiger partial charge in [-0.15, -0.1) is 0 Å². The lowest BCUT2D eigenvalue weighted by molar-refractivity contribution is 0.331. The van der Waals surface area contributed by atoms with Crippen LogP contribution in [0, 0.1) is 0 Å². The summed E-state index contributed by atoms with van der Waals surface area (Å²) < 4.78 is 0. The SMILES string of the molecule is CC1(C)CCC(C)(C)c2cc(CN)ccc21. The van der Waals surface area contributed by atoms with Crippen molar-refractivity contribution in [1.82, 2.24) is 0 Å². The molecule has 0 heterocycles. The van der Waals surface area contributed by atoms with E-state index in [2.05, 4.69) is 45.9 Å². The fourth-order valence-electron chi connectivity index (χ4n) is 2.76. The second-order valence-corrected chi connectivity index (χ2v) is 6.35. The van der Waals surface area contributed by atoms with E-state index in [1.807, 2.05) is 0 Å². The monoisotopic (exact) mass is 217 g/mol. The fraction of sp³-hybridized carbons (Fsp3) is 0.600. The van der Waals surface area contributed by atoms with Crippen LogP contribution in [-0.4, -0.2) is 0 Å². The molecule has 16 heavy (non-hydrogen) atoms. The van der Waals surface area contributed by atoms with Gasteiger partial charge in [0, 0.05) is 6.54 Å². The molecule has 1 heteroatoms. The Morgan fingerprint density at radius 1 is 1.00 bits per heavy atom. The maximum absolute atomic E-state index is 5.74. The summed E-state index contributed by atoms with van der Waals surface area (Å²) in [6.45, 7) is 10.0. The molecule has 1 aromatic carbocycles. The molecule has 1 nitrogen and oxygen atoms in total. The van der Waals surface area contributed by atoms with Gasteiger partial charge in [-0.1, -0.05) is 45.9 Å². The number of nitrogens with two attached hydrogens (primary N) is 1. The normalized spacial score (nSPS) is 21.6. The van der Waals surface area contributed by atoms with Gasteiger partial charge in [-0.3, -0.25) is 0 Å². The molecule has 0 aromatic heterocycles. The van der Waals surface area contributed by atoms with Crippen molar-refractivity contribution in [2.24, 2.45) is 5.73 Å². The van der Waals surface area contributed by atoms with Crippen LogP contribution in [0.4, 0.5) is 0 Å². The van der Waals surface area contributed by atoms with Crippen molar-refractivity contribution in [3.8, 4) is 0 Å². The smallest absolute Gasteiger partial charge is 0.0178 e. The van der Waals surface area contributed by atoms with Crippen LogP contribution in [-0.2, 0) is 17.4 Å². The number of rotatable bonds is 1. The first-order valence-electron chi connectivity index (χ1n) is 6.21. The average Bonchev–Trinajstić information content (AvgIpc) is 2.24. The molecule has 0 radical (unpaired) electrons. The summed E-state index contributed by atoms with van der Waals surface area (Å²) in [5.74, 6) is 0. The van der Waals surface area contributed by atoms with Crippen molar-refractivity contribution in [1.29, 1.82) is 0 Å². The second kappa shape index (κ2) is 3.59. The topological polar surface area (TPSA) is 26.0 Å². The van der Waals surface area contributed by atoms with E-state index in [4.69, 9.17) is 5.73 Å². The summed E-state index contributed by atoms with van der Waals surface area (Å²) >= 11 is 0. The lowest BCUT2D eigenvalue weighted by atomic mass is 9.63. The van der Waals surface area contributed by atoms with Crippen molar-refractivity contribution >= 4 is 0 Å². The molecule has 88 valence electrons. The van der Waals surface area contributed by atoms with Crippen LogP contribution in [0.5, 0.6) is 0 Å². The minimum absolute atomic E-state index is 0.302. The summed E-state index contributed by atoms with van der Waals surface area (Å²) in [6.07, 6.45) is 2.54. The number of fused-ring (bicyclic) bond motifs is 1. The van der Waals surface area contributed by atoms with E-state index in [9.17, 15) is 0 Å². The molecule has 0 fully saturated rings. The first-order valence-corrected chi connectivity index (χ1v) is 6.21. The van der Waals surface area contributed by atoms with Crippen molar-refractivity contribution in [2.45, 2.75) is 57.9 Å². The van der Waals surface area contributed by atoms with E-state index >= 15 is 0 Å². The highest BCUT2D eigenvalue weighted by molar-refractivity contribution is 5.43. The summed E-state index contributed by atoms with van der Waals surface area (Å²) in [5, 5.41) is 0. The Bertz CT molecular complexity index is 402. The van der Waals surface area contributed by atoms with Crippen molar-refractivity contribution in [3.05, 3.63) is 34.9 Å². The van der Waals surface area contributed by atoms with E-state index in [-0.39, 0.29) is 0 Å². The Labute approximate surface area is 99.0 Å². The zero-order valence-electron chi connectivity index (χ0n) is 10.9. The summed E-state index contributed by atoms with van der Waals surface area (Å²) in [4.78, 5) is 0. The van der Waals surface area contributed by atoms with Gasteiger partial charge in [-0.2, -0.15) is 0 Å². The van der Waals surface area contributed by atoms with Crippen molar-refractivity contribution in [3.63, 3.8) is 0 Å². The maximum atomic E-state index is 5.74. The van der Waals surface area contributed by atoms with Crippen LogP contribution in [0.1, 0.15) is 57.2 Å². The van der Waals surface area contributed by atoms with E-state index in [0.717, 1.165) is 0 Å². The Morgan fingerprint density at radius 3 is 2.12 bits per heavy atom. The quantitative estimate of drug-likeness (QED) is 0.765. The van der Waals surface area contributed by atoms with Crippen molar-refractivity contribution < 1.29 is 0 Å². The van der Waals surface area contributed by atoms with Crippen LogP contribution in [0.25, 0.3) is 0 Å². The van der Waals surface area contributed by atoms with Gasteiger partial charge >= 0.3 is 0 Å². The van der Waals surface area contributed by atoms with E-state index in [1.54, 1.807) is 0 Å². The molecule has 0 amide bonds. The molecule has 1 aromatic rings. The number of benzene rings is 1. The number of hydrogen-bond acceptors (Lipinski definition) is 1. The third-order valence-corrected chi connectivity index (χ3v) is 4.15. The van der Waals surface area contributed by atoms with Gasteiger partial charge in [0.15, 0.2) is 0 Å². The highest BCUT2D eigenvalue weighted by Crippen LogP contribution is 2.45. The van der Waals surface area contributed by atoms with E-state index < -0.39 is 0 Å². The third kappa shape index (κ3) is 1.78. The predicted octanol–water partition coefficient (Wildman–Crippen LogP) is 3.49. The standard InChI is InChI=1S/C15H23N/c1-14(2)7-8-15(3,4)13-9-11(10-16)5-6-12(13)14/h5-6,9H,7-8,10,16H2,1-4H3. The van der Waals surface area contributed by atoms with Gasteiger partial charge < -0.3 is 5.73 Å². The van der Waals surface area contributed by atoms with Crippen LogP contribution in [0.2, 0.25) is 0 Å².